The average Bonchev–Trinajstić information content (AvgIpc) is 3.79. The number of benzene rings is 1. The number of fused-ring (bicyclic) bond motifs is 3. The lowest BCUT2D eigenvalue weighted by Crippen LogP contribution is -2.35. The minimum absolute atomic E-state index is 0.0327. The molecule has 0 radical (unpaired) electrons. The van der Waals surface area contributed by atoms with E-state index in [1.54, 1.807) is 48.9 Å². The highest BCUT2D eigenvalue weighted by molar-refractivity contribution is 7.89. The number of rotatable bonds is 9. The van der Waals surface area contributed by atoms with Crippen molar-refractivity contribution in [3.8, 4) is 0 Å². The molecule has 0 spiro atoms. The van der Waals surface area contributed by atoms with E-state index >= 15 is 0 Å². The Morgan fingerprint density at radius 2 is 1.56 bits per heavy atom. The van der Waals surface area contributed by atoms with Gasteiger partial charge in [0.1, 0.15) is 5.67 Å². The van der Waals surface area contributed by atoms with Crippen molar-refractivity contribution in [3.05, 3.63) is 95.3 Å². The Labute approximate surface area is 248 Å². The summed E-state index contributed by atoms with van der Waals surface area (Å²) in [6, 6.07) is 8.67. The summed E-state index contributed by atoms with van der Waals surface area (Å²) in [4.78, 5) is 39.1. The molecule has 10 nitrogen and oxygen atoms in total. The summed E-state index contributed by atoms with van der Waals surface area (Å²) in [6.45, 7) is 2.18. The van der Waals surface area contributed by atoms with Crippen LogP contribution in [0.1, 0.15) is 88.6 Å². The van der Waals surface area contributed by atoms with Crippen molar-refractivity contribution in [1.29, 1.82) is 0 Å². The molecular weight excluding hydrogens is 571 g/mol. The van der Waals surface area contributed by atoms with Crippen molar-refractivity contribution in [2.75, 3.05) is 6.54 Å². The zero-order valence-electron chi connectivity index (χ0n) is 23.7. The first-order chi connectivity index (χ1) is 20.5. The molecule has 1 aromatic carbocycles. The third-order valence-corrected chi connectivity index (χ3v) is 9.14. The van der Waals surface area contributed by atoms with E-state index in [0.717, 1.165) is 18.5 Å². The van der Waals surface area contributed by atoms with Gasteiger partial charge in [0.15, 0.2) is 0 Å². The van der Waals surface area contributed by atoms with Crippen LogP contribution in [-0.2, 0) is 10.0 Å². The molecule has 3 heterocycles. The zero-order valence-corrected chi connectivity index (χ0v) is 24.5. The Balaban J connectivity index is 1.48. The second kappa shape index (κ2) is 11.1. The van der Waals surface area contributed by atoms with Gasteiger partial charge >= 0.3 is 0 Å². The van der Waals surface area contributed by atoms with Gasteiger partial charge in [-0.1, -0.05) is 0 Å². The van der Waals surface area contributed by atoms with Crippen molar-refractivity contribution in [1.82, 2.24) is 30.3 Å². The molecule has 0 saturated heterocycles. The number of halogens is 1. The summed E-state index contributed by atoms with van der Waals surface area (Å²) in [5.41, 5.74) is 0.906. The summed E-state index contributed by atoms with van der Waals surface area (Å²) in [5, 5.41) is 7.02. The predicted molar refractivity (Wildman–Crippen MR) is 158 cm³/mol. The van der Waals surface area contributed by atoms with Gasteiger partial charge < -0.3 is 10.6 Å². The molecule has 3 aromatic heterocycles. The summed E-state index contributed by atoms with van der Waals surface area (Å²) < 4.78 is 44.2. The Hall–Kier alpha value is -4.29. The van der Waals surface area contributed by atoms with Crippen LogP contribution in [0.5, 0.6) is 0 Å². The zero-order chi connectivity index (χ0) is 30.4. The molecule has 222 valence electrons. The number of nitrogens with one attached hydrogen (secondary N) is 3. The molecule has 1 fully saturated rings. The minimum atomic E-state index is -4.19. The SMILES string of the molecule is CC(C)(F)CNS(=O)(=O)c1cc2c(c3cnc(C4CC4)cc13)C(NC(=O)c1cccnc1)CC2NC(=O)c1cccnc1. The normalized spacial score (nSPS) is 18.3. The lowest BCUT2D eigenvalue weighted by molar-refractivity contribution is 0.0928. The molecule has 12 heteroatoms. The van der Waals surface area contributed by atoms with Gasteiger partial charge in [0.2, 0.25) is 10.0 Å². The van der Waals surface area contributed by atoms with Crippen LogP contribution < -0.4 is 15.4 Å². The molecule has 2 aliphatic carbocycles. The Morgan fingerprint density at radius 3 is 2.12 bits per heavy atom. The smallest absolute Gasteiger partial charge is 0.253 e. The largest absolute Gasteiger partial charge is 0.345 e. The maximum absolute atomic E-state index is 14.4. The Kier molecular flexibility index (Phi) is 7.43. The molecule has 6 rings (SSSR count). The summed E-state index contributed by atoms with van der Waals surface area (Å²) in [6.07, 6.45) is 9.87. The Bertz CT molecular complexity index is 1810. The van der Waals surface area contributed by atoms with E-state index < -0.39 is 40.2 Å². The first-order valence-corrected chi connectivity index (χ1v) is 15.6. The van der Waals surface area contributed by atoms with Crippen molar-refractivity contribution in [2.24, 2.45) is 0 Å². The van der Waals surface area contributed by atoms with Crippen LogP contribution in [0.4, 0.5) is 4.39 Å². The predicted octanol–water partition coefficient (Wildman–Crippen LogP) is 4.27. The summed E-state index contributed by atoms with van der Waals surface area (Å²) in [5.74, 6) is -0.506. The van der Waals surface area contributed by atoms with Crippen LogP contribution in [0, 0.1) is 0 Å². The molecule has 3 N–H and O–H groups in total. The van der Waals surface area contributed by atoms with Crippen LogP contribution in [-0.4, -0.2) is 47.4 Å². The quantitative estimate of drug-likeness (QED) is 0.260. The number of carbonyl (C=O) groups excluding carboxylic acids is 2. The monoisotopic (exact) mass is 602 g/mol. The third kappa shape index (κ3) is 6.11. The fraction of sp³-hybridized carbons (Fsp3) is 0.323. The number of aromatic nitrogens is 3. The first kappa shape index (κ1) is 28.8. The van der Waals surface area contributed by atoms with Gasteiger partial charge in [-0.2, -0.15) is 0 Å². The van der Waals surface area contributed by atoms with Gasteiger partial charge in [-0.25, -0.2) is 17.5 Å². The lowest BCUT2D eigenvalue weighted by atomic mass is 9.98. The first-order valence-electron chi connectivity index (χ1n) is 14.1. The van der Waals surface area contributed by atoms with E-state index in [1.165, 1.54) is 32.3 Å². The van der Waals surface area contributed by atoms with Gasteiger partial charge in [0.05, 0.1) is 28.1 Å². The highest BCUT2D eigenvalue weighted by atomic mass is 32.2. The number of hydrogen-bond donors (Lipinski definition) is 3. The molecule has 43 heavy (non-hydrogen) atoms. The van der Waals surface area contributed by atoms with E-state index in [4.69, 9.17) is 0 Å². The Morgan fingerprint density at radius 1 is 0.930 bits per heavy atom. The average molecular weight is 603 g/mol. The highest BCUT2D eigenvalue weighted by Gasteiger charge is 2.38. The molecule has 2 aliphatic rings. The van der Waals surface area contributed by atoms with E-state index in [0.29, 0.717) is 33.0 Å². The van der Waals surface area contributed by atoms with Gasteiger partial charge in [0, 0.05) is 59.9 Å². The third-order valence-electron chi connectivity index (χ3n) is 7.70. The van der Waals surface area contributed by atoms with Crippen LogP contribution in [0.2, 0.25) is 0 Å². The second-order valence-corrected chi connectivity index (χ2v) is 13.4. The lowest BCUT2D eigenvalue weighted by Gasteiger charge is -2.20. The highest BCUT2D eigenvalue weighted by Crippen LogP contribution is 2.47. The molecule has 0 bridgehead atoms. The van der Waals surface area contributed by atoms with Crippen molar-refractivity contribution in [3.63, 3.8) is 0 Å². The molecule has 2 unspecified atom stereocenters. The van der Waals surface area contributed by atoms with E-state index in [9.17, 15) is 22.4 Å². The second-order valence-electron chi connectivity index (χ2n) is 11.6. The topological polar surface area (TPSA) is 143 Å². The number of carbonyl (C=O) groups is 2. The van der Waals surface area contributed by atoms with Crippen molar-refractivity contribution in [2.45, 2.75) is 61.7 Å². The number of sulfonamides is 1. The molecular formula is C31H31FN6O4S. The van der Waals surface area contributed by atoms with E-state index in [-0.39, 0.29) is 23.1 Å². The molecule has 4 aromatic rings. The van der Waals surface area contributed by atoms with Crippen molar-refractivity contribution >= 4 is 32.6 Å². The fourth-order valence-corrected chi connectivity index (χ4v) is 6.84. The number of alkyl halides is 1. The van der Waals surface area contributed by atoms with Gasteiger partial charge in [-0.3, -0.25) is 24.5 Å². The van der Waals surface area contributed by atoms with E-state index in [1.807, 2.05) is 0 Å². The van der Waals surface area contributed by atoms with Gasteiger partial charge in [0.25, 0.3) is 11.8 Å². The van der Waals surface area contributed by atoms with Gasteiger partial charge in [-0.15, -0.1) is 0 Å². The number of amides is 2. The minimum Gasteiger partial charge on any atom is -0.345 e. The van der Waals surface area contributed by atoms with Crippen LogP contribution in [0.15, 0.2) is 72.3 Å². The number of hydrogen-bond acceptors (Lipinski definition) is 7. The molecule has 2 amide bonds. The summed E-state index contributed by atoms with van der Waals surface area (Å²) in [7, 11) is -4.19. The standard InChI is InChI=1S/C31H31FN6O4S/c1-31(2,32)17-36-43(41,42)27-12-22-25(37-29(39)19-5-3-9-33-14-19)13-26(38-30(40)20-6-4-10-34-15-20)28(22)23-16-35-24(11-21(23)27)18-7-8-18/h3-6,9-12,14-16,18,25-26,36H,7-8,13,17H2,1-2H3,(H,37,39)(H,38,40). The van der Waals surface area contributed by atoms with Crippen LogP contribution >= 0.6 is 0 Å². The van der Waals surface area contributed by atoms with E-state index in [2.05, 4.69) is 30.3 Å². The molecule has 0 aliphatic heterocycles. The number of nitrogens with zero attached hydrogens (tertiary/aromatic N) is 3. The maximum atomic E-state index is 14.4. The fourth-order valence-electron chi connectivity index (χ4n) is 5.41. The molecule has 2 atom stereocenters. The van der Waals surface area contributed by atoms with Gasteiger partial charge in [-0.05, 0) is 80.6 Å². The summed E-state index contributed by atoms with van der Waals surface area (Å²) >= 11 is 0. The molecule has 1 saturated carbocycles. The van der Waals surface area contributed by atoms with Crippen molar-refractivity contribution < 1.29 is 22.4 Å². The maximum Gasteiger partial charge on any atom is 0.253 e. The van der Waals surface area contributed by atoms with Crippen LogP contribution in [0.3, 0.4) is 0 Å². The van der Waals surface area contributed by atoms with Crippen LogP contribution in [0.25, 0.3) is 10.8 Å². The number of pyridine rings is 3.